The SMILES string of the molecule is Cn1c(NC(=O)c2ccnn2C2CCCC2)nc2cc(Cl)ccc21. The molecule has 1 aromatic carbocycles. The Morgan fingerprint density at radius 3 is 2.88 bits per heavy atom. The summed E-state index contributed by atoms with van der Waals surface area (Å²) < 4.78 is 3.70. The summed E-state index contributed by atoms with van der Waals surface area (Å²) >= 11 is 6.01. The summed E-state index contributed by atoms with van der Waals surface area (Å²) in [5.41, 5.74) is 2.25. The number of nitrogens with zero attached hydrogens (tertiary/aromatic N) is 4. The third-order valence-electron chi connectivity index (χ3n) is 4.64. The van der Waals surface area contributed by atoms with Gasteiger partial charge in [0, 0.05) is 18.3 Å². The van der Waals surface area contributed by atoms with Crippen LogP contribution in [0.15, 0.2) is 30.5 Å². The van der Waals surface area contributed by atoms with Crippen molar-refractivity contribution in [3.8, 4) is 0 Å². The molecule has 124 valence electrons. The van der Waals surface area contributed by atoms with E-state index in [0.717, 1.165) is 23.9 Å². The van der Waals surface area contributed by atoms with Crippen LogP contribution in [0.3, 0.4) is 0 Å². The fourth-order valence-electron chi connectivity index (χ4n) is 3.38. The number of fused-ring (bicyclic) bond motifs is 1. The molecule has 0 radical (unpaired) electrons. The van der Waals surface area contributed by atoms with Crippen LogP contribution in [0.1, 0.15) is 42.2 Å². The molecule has 0 atom stereocenters. The molecule has 3 aromatic rings. The van der Waals surface area contributed by atoms with E-state index >= 15 is 0 Å². The molecular weight excluding hydrogens is 326 g/mol. The molecule has 1 N–H and O–H groups in total. The number of imidazole rings is 1. The number of hydrogen-bond donors (Lipinski definition) is 1. The standard InChI is InChI=1S/C17H18ClN5O/c1-22-14-7-6-11(18)10-13(14)20-17(22)21-16(24)15-8-9-19-23(15)12-4-2-3-5-12/h6-10,12H,2-5H2,1H3,(H,20,21,24). The number of aryl methyl sites for hydroxylation is 1. The number of carbonyl (C=O) groups excluding carboxylic acids is 1. The molecule has 0 saturated heterocycles. The van der Waals surface area contributed by atoms with E-state index in [-0.39, 0.29) is 5.91 Å². The number of nitrogens with one attached hydrogen (secondary N) is 1. The fourth-order valence-corrected chi connectivity index (χ4v) is 3.55. The summed E-state index contributed by atoms with van der Waals surface area (Å²) in [6, 6.07) is 7.57. The molecule has 1 amide bonds. The first kappa shape index (κ1) is 15.2. The number of hydrogen-bond acceptors (Lipinski definition) is 3. The first-order chi connectivity index (χ1) is 11.6. The van der Waals surface area contributed by atoms with Gasteiger partial charge in [-0.1, -0.05) is 24.4 Å². The average Bonchev–Trinajstić information content (AvgIpc) is 3.28. The maximum absolute atomic E-state index is 12.7. The summed E-state index contributed by atoms with van der Waals surface area (Å²) in [7, 11) is 1.87. The molecule has 1 saturated carbocycles. The van der Waals surface area contributed by atoms with Gasteiger partial charge >= 0.3 is 0 Å². The van der Waals surface area contributed by atoms with Gasteiger partial charge in [0.25, 0.3) is 5.91 Å². The van der Waals surface area contributed by atoms with Crippen LogP contribution in [0, 0.1) is 0 Å². The number of halogens is 1. The zero-order chi connectivity index (χ0) is 16.7. The van der Waals surface area contributed by atoms with E-state index in [4.69, 9.17) is 11.6 Å². The van der Waals surface area contributed by atoms with Crippen molar-refractivity contribution in [1.29, 1.82) is 0 Å². The molecule has 24 heavy (non-hydrogen) atoms. The van der Waals surface area contributed by atoms with Crippen molar-refractivity contribution >= 4 is 34.5 Å². The Bertz CT molecular complexity index is 907. The van der Waals surface area contributed by atoms with Crippen molar-refractivity contribution in [2.75, 3.05) is 5.32 Å². The Morgan fingerprint density at radius 1 is 1.29 bits per heavy atom. The highest BCUT2D eigenvalue weighted by Crippen LogP contribution is 2.30. The van der Waals surface area contributed by atoms with Crippen LogP contribution in [0.5, 0.6) is 0 Å². The second kappa shape index (κ2) is 5.94. The van der Waals surface area contributed by atoms with Crippen LogP contribution in [-0.2, 0) is 7.05 Å². The monoisotopic (exact) mass is 343 g/mol. The minimum absolute atomic E-state index is 0.191. The van der Waals surface area contributed by atoms with E-state index in [9.17, 15) is 4.79 Å². The van der Waals surface area contributed by atoms with Crippen molar-refractivity contribution in [3.05, 3.63) is 41.2 Å². The maximum Gasteiger partial charge on any atom is 0.276 e. The average molecular weight is 344 g/mol. The van der Waals surface area contributed by atoms with Crippen LogP contribution in [0.25, 0.3) is 11.0 Å². The number of anilines is 1. The highest BCUT2D eigenvalue weighted by molar-refractivity contribution is 6.31. The predicted molar refractivity (Wildman–Crippen MR) is 93.4 cm³/mol. The predicted octanol–water partition coefficient (Wildman–Crippen LogP) is 3.79. The Hall–Kier alpha value is -2.34. The molecule has 2 aromatic heterocycles. The van der Waals surface area contributed by atoms with Crippen molar-refractivity contribution in [3.63, 3.8) is 0 Å². The molecule has 2 heterocycles. The molecular formula is C17H18ClN5O. The Morgan fingerprint density at radius 2 is 2.08 bits per heavy atom. The van der Waals surface area contributed by atoms with Crippen LogP contribution in [0.2, 0.25) is 5.02 Å². The van der Waals surface area contributed by atoms with Crippen molar-refractivity contribution in [1.82, 2.24) is 19.3 Å². The molecule has 1 fully saturated rings. The topological polar surface area (TPSA) is 64.7 Å². The normalized spacial score (nSPS) is 15.2. The Balaban J connectivity index is 1.63. The van der Waals surface area contributed by atoms with Crippen LogP contribution in [0.4, 0.5) is 5.95 Å². The van der Waals surface area contributed by atoms with E-state index in [2.05, 4.69) is 15.4 Å². The smallest absolute Gasteiger partial charge is 0.276 e. The number of carbonyl (C=O) groups is 1. The Labute approximate surface area is 144 Å². The first-order valence-corrected chi connectivity index (χ1v) is 8.48. The van der Waals surface area contributed by atoms with Gasteiger partial charge < -0.3 is 4.57 Å². The molecule has 7 heteroatoms. The van der Waals surface area contributed by atoms with Crippen LogP contribution >= 0.6 is 11.6 Å². The van der Waals surface area contributed by atoms with E-state index in [1.165, 1.54) is 12.8 Å². The maximum atomic E-state index is 12.7. The largest absolute Gasteiger partial charge is 0.313 e. The molecule has 0 aliphatic heterocycles. The highest BCUT2D eigenvalue weighted by Gasteiger charge is 2.23. The van der Waals surface area contributed by atoms with Gasteiger partial charge in [-0.2, -0.15) is 5.10 Å². The van der Waals surface area contributed by atoms with Gasteiger partial charge in [-0.25, -0.2) is 4.98 Å². The van der Waals surface area contributed by atoms with E-state index in [1.54, 1.807) is 18.3 Å². The second-order valence-electron chi connectivity index (χ2n) is 6.18. The van der Waals surface area contributed by atoms with Gasteiger partial charge in [0.15, 0.2) is 0 Å². The quantitative estimate of drug-likeness (QED) is 0.786. The fraction of sp³-hybridized carbons (Fsp3) is 0.353. The summed E-state index contributed by atoms with van der Waals surface area (Å²) in [5.74, 6) is 0.306. The molecule has 0 spiro atoms. The molecule has 4 rings (SSSR count). The summed E-state index contributed by atoms with van der Waals surface area (Å²) in [6.45, 7) is 0. The molecule has 1 aliphatic rings. The second-order valence-corrected chi connectivity index (χ2v) is 6.62. The molecule has 0 unspecified atom stereocenters. The van der Waals surface area contributed by atoms with Gasteiger partial charge in [-0.05, 0) is 37.1 Å². The lowest BCUT2D eigenvalue weighted by molar-refractivity contribution is 0.101. The first-order valence-electron chi connectivity index (χ1n) is 8.10. The third-order valence-corrected chi connectivity index (χ3v) is 4.88. The van der Waals surface area contributed by atoms with E-state index < -0.39 is 0 Å². The van der Waals surface area contributed by atoms with Gasteiger partial charge in [0.2, 0.25) is 5.95 Å². The van der Waals surface area contributed by atoms with Crippen LogP contribution < -0.4 is 5.32 Å². The van der Waals surface area contributed by atoms with Crippen LogP contribution in [-0.4, -0.2) is 25.2 Å². The van der Waals surface area contributed by atoms with Crippen molar-refractivity contribution < 1.29 is 4.79 Å². The summed E-state index contributed by atoms with van der Waals surface area (Å²) in [6.07, 6.45) is 6.22. The number of benzene rings is 1. The number of amides is 1. The third kappa shape index (κ3) is 2.57. The lowest BCUT2D eigenvalue weighted by atomic mass is 10.2. The summed E-state index contributed by atoms with van der Waals surface area (Å²) in [4.78, 5) is 17.2. The number of aromatic nitrogens is 4. The van der Waals surface area contributed by atoms with Gasteiger partial charge in [0.05, 0.1) is 17.1 Å². The zero-order valence-electron chi connectivity index (χ0n) is 13.4. The number of rotatable bonds is 3. The van der Waals surface area contributed by atoms with E-state index in [1.807, 2.05) is 28.4 Å². The summed E-state index contributed by atoms with van der Waals surface area (Å²) in [5, 5.41) is 7.87. The lowest BCUT2D eigenvalue weighted by Crippen LogP contribution is -2.21. The van der Waals surface area contributed by atoms with E-state index in [0.29, 0.717) is 22.7 Å². The zero-order valence-corrected chi connectivity index (χ0v) is 14.1. The minimum Gasteiger partial charge on any atom is -0.313 e. The van der Waals surface area contributed by atoms with Gasteiger partial charge in [0.1, 0.15) is 5.69 Å². The lowest BCUT2D eigenvalue weighted by Gasteiger charge is -2.13. The highest BCUT2D eigenvalue weighted by atomic mass is 35.5. The van der Waals surface area contributed by atoms with Gasteiger partial charge in [-0.3, -0.25) is 14.8 Å². The van der Waals surface area contributed by atoms with Crippen molar-refractivity contribution in [2.45, 2.75) is 31.7 Å². The Kier molecular flexibility index (Phi) is 3.76. The molecule has 1 aliphatic carbocycles. The van der Waals surface area contributed by atoms with Gasteiger partial charge in [-0.15, -0.1) is 0 Å². The molecule has 6 nitrogen and oxygen atoms in total. The minimum atomic E-state index is -0.191. The van der Waals surface area contributed by atoms with Crippen molar-refractivity contribution in [2.24, 2.45) is 7.05 Å². The molecule has 0 bridgehead atoms.